The maximum atomic E-state index is 3.43. The molecule has 0 saturated carbocycles. The van der Waals surface area contributed by atoms with Crippen LogP contribution >= 0.6 is 0 Å². The van der Waals surface area contributed by atoms with Crippen LogP contribution in [0.1, 0.15) is 36.8 Å². The van der Waals surface area contributed by atoms with Gasteiger partial charge >= 0.3 is 0 Å². The summed E-state index contributed by atoms with van der Waals surface area (Å²) in [6.07, 6.45) is 9.10. The molecule has 1 N–H and O–H groups in total. The van der Waals surface area contributed by atoms with Gasteiger partial charge in [-0.1, -0.05) is 48.9 Å². The highest BCUT2D eigenvalue weighted by Gasteiger charge is 2.10. The van der Waals surface area contributed by atoms with Gasteiger partial charge in [0.05, 0.1) is 0 Å². The standard InChI is InChI=1S/C16H21N/c1-3-12-17-16-10-8-15(9-11-16)14-6-4-13(2)5-7-14/h4-8,10-11,15,17H,3,9,12H2,1-2H3. The summed E-state index contributed by atoms with van der Waals surface area (Å²) in [4.78, 5) is 0. The Labute approximate surface area is 104 Å². The van der Waals surface area contributed by atoms with Crippen LogP contribution in [0.3, 0.4) is 0 Å². The summed E-state index contributed by atoms with van der Waals surface area (Å²) in [6.45, 7) is 5.38. The molecule has 0 saturated heterocycles. The third-order valence-corrected chi connectivity index (χ3v) is 3.18. The predicted molar refractivity (Wildman–Crippen MR) is 74.1 cm³/mol. The van der Waals surface area contributed by atoms with Gasteiger partial charge in [0, 0.05) is 18.2 Å². The van der Waals surface area contributed by atoms with E-state index < -0.39 is 0 Å². The third-order valence-electron chi connectivity index (χ3n) is 3.18. The average Bonchev–Trinajstić information content (AvgIpc) is 2.38. The Kier molecular flexibility index (Phi) is 4.03. The number of hydrogen-bond donors (Lipinski definition) is 1. The van der Waals surface area contributed by atoms with Crippen molar-refractivity contribution in [1.29, 1.82) is 0 Å². The fraction of sp³-hybridized carbons (Fsp3) is 0.375. The van der Waals surface area contributed by atoms with Gasteiger partial charge in [-0.25, -0.2) is 0 Å². The molecule has 1 heteroatoms. The smallest absolute Gasteiger partial charge is 0.0296 e. The third kappa shape index (κ3) is 3.23. The van der Waals surface area contributed by atoms with Crippen LogP contribution < -0.4 is 5.32 Å². The monoisotopic (exact) mass is 227 g/mol. The lowest BCUT2D eigenvalue weighted by Crippen LogP contribution is -2.14. The summed E-state index contributed by atoms with van der Waals surface area (Å²) in [6, 6.07) is 8.86. The van der Waals surface area contributed by atoms with Gasteiger partial charge in [0.2, 0.25) is 0 Å². The summed E-state index contributed by atoms with van der Waals surface area (Å²) in [5.41, 5.74) is 4.02. The molecule has 0 aromatic heterocycles. The maximum Gasteiger partial charge on any atom is 0.0296 e. The fourth-order valence-electron chi connectivity index (χ4n) is 2.08. The van der Waals surface area contributed by atoms with E-state index in [-0.39, 0.29) is 0 Å². The Bertz CT molecular complexity index is 412. The van der Waals surface area contributed by atoms with Crippen LogP contribution in [0.2, 0.25) is 0 Å². The molecule has 0 aliphatic heterocycles. The van der Waals surface area contributed by atoms with Gasteiger partial charge in [-0.15, -0.1) is 0 Å². The summed E-state index contributed by atoms with van der Waals surface area (Å²) >= 11 is 0. The minimum Gasteiger partial charge on any atom is -0.385 e. The Morgan fingerprint density at radius 2 is 2.00 bits per heavy atom. The number of rotatable bonds is 4. The Morgan fingerprint density at radius 1 is 1.24 bits per heavy atom. The molecule has 0 amide bonds. The van der Waals surface area contributed by atoms with Crippen LogP contribution in [0.4, 0.5) is 0 Å². The quantitative estimate of drug-likeness (QED) is 0.822. The first-order chi connectivity index (χ1) is 8.29. The van der Waals surface area contributed by atoms with Crippen LogP contribution in [0.15, 0.2) is 48.2 Å². The van der Waals surface area contributed by atoms with E-state index in [0.717, 1.165) is 13.0 Å². The zero-order valence-corrected chi connectivity index (χ0v) is 10.7. The van der Waals surface area contributed by atoms with Crippen molar-refractivity contribution in [1.82, 2.24) is 5.32 Å². The normalized spacial score (nSPS) is 18.9. The number of aryl methyl sites for hydroxylation is 1. The zero-order valence-electron chi connectivity index (χ0n) is 10.7. The van der Waals surface area contributed by atoms with Gasteiger partial charge in [0.1, 0.15) is 0 Å². The molecule has 1 aliphatic rings. The molecular weight excluding hydrogens is 206 g/mol. The van der Waals surface area contributed by atoms with Crippen molar-refractivity contribution in [3.63, 3.8) is 0 Å². The summed E-state index contributed by atoms with van der Waals surface area (Å²) in [5, 5.41) is 3.43. The average molecular weight is 227 g/mol. The molecular formula is C16H21N. The number of hydrogen-bond acceptors (Lipinski definition) is 1. The van der Waals surface area contributed by atoms with Gasteiger partial charge in [-0.05, 0) is 31.4 Å². The van der Waals surface area contributed by atoms with Crippen molar-refractivity contribution >= 4 is 0 Å². The minimum atomic E-state index is 0.544. The minimum absolute atomic E-state index is 0.544. The van der Waals surface area contributed by atoms with E-state index >= 15 is 0 Å². The predicted octanol–water partition coefficient (Wildman–Crippen LogP) is 3.92. The van der Waals surface area contributed by atoms with Gasteiger partial charge < -0.3 is 5.32 Å². The molecule has 0 spiro atoms. The molecule has 1 aromatic rings. The van der Waals surface area contributed by atoms with Crippen molar-refractivity contribution in [2.75, 3.05) is 6.54 Å². The molecule has 1 nitrogen and oxygen atoms in total. The van der Waals surface area contributed by atoms with E-state index in [2.05, 4.69) is 61.7 Å². The van der Waals surface area contributed by atoms with E-state index in [1.165, 1.54) is 23.2 Å². The van der Waals surface area contributed by atoms with Crippen molar-refractivity contribution in [3.05, 3.63) is 59.3 Å². The molecule has 0 radical (unpaired) electrons. The lowest BCUT2D eigenvalue weighted by Gasteiger charge is -2.17. The molecule has 1 aliphatic carbocycles. The highest BCUT2D eigenvalue weighted by molar-refractivity contribution is 5.33. The Balaban J connectivity index is 1.97. The number of nitrogens with one attached hydrogen (secondary N) is 1. The van der Waals surface area contributed by atoms with Crippen LogP contribution in [0.25, 0.3) is 0 Å². The molecule has 90 valence electrons. The Morgan fingerprint density at radius 3 is 2.59 bits per heavy atom. The zero-order chi connectivity index (χ0) is 12.1. The largest absolute Gasteiger partial charge is 0.385 e. The van der Waals surface area contributed by atoms with Crippen molar-refractivity contribution in [2.45, 2.75) is 32.6 Å². The topological polar surface area (TPSA) is 12.0 Å². The highest BCUT2D eigenvalue weighted by Crippen LogP contribution is 2.26. The molecule has 0 heterocycles. The molecule has 17 heavy (non-hydrogen) atoms. The van der Waals surface area contributed by atoms with Gasteiger partial charge in [0.25, 0.3) is 0 Å². The Hall–Kier alpha value is -1.50. The maximum absolute atomic E-state index is 3.43. The van der Waals surface area contributed by atoms with Crippen LogP contribution in [0.5, 0.6) is 0 Å². The van der Waals surface area contributed by atoms with E-state index in [1.807, 2.05) is 0 Å². The first-order valence-electron chi connectivity index (χ1n) is 6.48. The molecule has 0 fully saturated rings. The van der Waals surface area contributed by atoms with Crippen molar-refractivity contribution in [3.8, 4) is 0 Å². The molecule has 1 atom stereocenters. The highest BCUT2D eigenvalue weighted by atomic mass is 14.9. The molecule has 1 unspecified atom stereocenters. The summed E-state index contributed by atoms with van der Waals surface area (Å²) in [5.74, 6) is 0.544. The number of allylic oxidation sites excluding steroid dienone is 3. The van der Waals surface area contributed by atoms with Crippen molar-refractivity contribution in [2.24, 2.45) is 0 Å². The molecule has 2 rings (SSSR count). The van der Waals surface area contributed by atoms with Crippen molar-refractivity contribution < 1.29 is 0 Å². The SMILES string of the molecule is CCCNC1=CCC(c2ccc(C)cc2)C=C1. The molecule has 1 aromatic carbocycles. The summed E-state index contributed by atoms with van der Waals surface area (Å²) < 4.78 is 0. The van der Waals surface area contributed by atoms with E-state index in [4.69, 9.17) is 0 Å². The fourth-order valence-corrected chi connectivity index (χ4v) is 2.08. The first-order valence-corrected chi connectivity index (χ1v) is 6.48. The van der Waals surface area contributed by atoms with Gasteiger partial charge in [-0.3, -0.25) is 0 Å². The van der Waals surface area contributed by atoms with Crippen LogP contribution in [-0.2, 0) is 0 Å². The first kappa shape index (κ1) is 12.0. The second-order valence-electron chi connectivity index (χ2n) is 4.70. The van der Waals surface area contributed by atoms with E-state index in [0.29, 0.717) is 5.92 Å². The van der Waals surface area contributed by atoms with Crippen LogP contribution in [-0.4, -0.2) is 6.54 Å². The lowest BCUT2D eigenvalue weighted by atomic mass is 9.91. The lowest BCUT2D eigenvalue weighted by molar-refractivity contribution is 0.755. The second-order valence-corrected chi connectivity index (χ2v) is 4.70. The van der Waals surface area contributed by atoms with E-state index in [9.17, 15) is 0 Å². The number of benzene rings is 1. The van der Waals surface area contributed by atoms with E-state index in [1.54, 1.807) is 0 Å². The molecule has 0 bridgehead atoms. The van der Waals surface area contributed by atoms with Crippen LogP contribution in [0, 0.1) is 6.92 Å². The van der Waals surface area contributed by atoms with Gasteiger partial charge in [0.15, 0.2) is 0 Å². The van der Waals surface area contributed by atoms with Gasteiger partial charge in [-0.2, -0.15) is 0 Å². The summed E-state index contributed by atoms with van der Waals surface area (Å²) in [7, 11) is 0. The second kappa shape index (κ2) is 5.72.